The SMILES string of the molecule is CN(CCC(=O)O)C(=O)Cc1csc(COc2ccc(Cl)cc2)n1. The average molecular weight is 369 g/mol. The standard InChI is InChI=1S/C16H17ClN2O4S/c1-19(7-6-16(21)22)15(20)8-12-10-24-14(18-12)9-23-13-4-2-11(17)3-5-13/h2-5,10H,6-9H2,1H3,(H,21,22). The number of thiazole rings is 1. The largest absolute Gasteiger partial charge is 0.486 e. The van der Waals surface area contributed by atoms with E-state index in [1.807, 2.05) is 5.38 Å². The van der Waals surface area contributed by atoms with E-state index in [1.165, 1.54) is 16.2 Å². The molecule has 0 bridgehead atoms. The van der Waals surface area contributed by atoms with Crippen molar-refractivity contribution in [3.8, 4) is 5.75 Å². The molecule has 8 heteroatoms. The lowest BCUT2D eigenvalue weighted by molar-refractivity contribution is -0.138. The molecular formula is C16H17ClN2O4S. The van der Waals surface area contributed by atoms with Crippen LogP contribution in [0.15, 0.2) is 29.6 Å². The number of likely N-dealkylation sites (N-methyl/N-ethyl adjacent to an activating group) is 1. The van der Waals surface area contributed by atoms with Crippen LogP contribution in [-0.4, -0.2) is 40.5 Å². The van der Waals surface area contributed by atoms with Crippen molar-refractivity contribution in [1.29, 1.82) is 0 Å². The zero-order valence-corrected chi connectivity index (χ0v) is 14.6. The summed E-state index contributed by atoms with van der Waals surface area (Å²) in [4.78, 5) is 28.3. The van der Waals surface area contributed by atoms with Gasteiger partial charge < -0.3 is 14.7 Å². The second kappa shape index (κ2) is 8.65. The van der Waals surface area contributed by atoms with Crippen molar-refractivity contribution in [1.82, 2.24) is 9.88 Å². The number of nitrogens with zero attached hydrogens (tertiary/aromatic N) is 2. The van der Waals surface area contributed by atoms with Crippen molar-refractivity contribution in [3.05, 3.63) is 45.4 Å². The van der Waals surface area contributed by atoms with Crippen molar-refractivity contribution in [2.45, 2.75) is 19.4 Å². The summed E-state index contributed by atoms with van der Waals surface area (Å²) in [6.45, 7) is 0.500. The average Bonchev–Trinajstić information content (AvgIpc) is 2.99. The second-order valence-corrected chi connectivity index (χ2v) is 6.49. The molecule has 128 valence electrons. The van der Waals surface area contributed by atoms with Gasteiger partial charge in [-0.3, -0.25) is 9.59 Å². The van der Waals surface area contributed by atoms with Gasteiger partial charge in [0.05, 0.1) is 18.5 Å². The molecule has 0 saturated carbocycles. The first kappa shape index (κ1) is 18.2. The number of aliphatic carboxylic acids is 1. The number of carbonyl (C=O) groups is 2. The fraction of sp³-hybridized carbons (Fsp3) is 0.312. The lowest BCUT2D eigenvalue weighted by Crippen LogP contribution is -2.30. The van der Waals surface area contributed by atoms with Crippen LogP contribution in [0.25, 0.3) is 0 Å². The van der Waals surface area contributed by atoms with Crippen LogP contribution in [0, 0.1) is 0 Å². The molecule has 1 N–H and O–H groups in total. The Morgan fingerprint density at radius 2 is 2.04 bits per heavy atom. The molecule has 1 amide bonds. The Morgan fingerprint density at radius 3 is 2.71 bits per heavy atom. The minimum atomic E-state index is -0.926. The summed E-state index contributed by atoms with van der Waals surface area (Å²) in [6.07, 6.45) is 0.0764. The highest BCUT2D eigenvalue weighted by Gasteiger charge is 2.13. The van der Waals surface area contributed by atoms with Gasteiger partial charge in [-0.05, 0) is 24.3 Å². The first-order valence-electron chi connectivity index (χ1n) is 7.21. The van der Waals surface area contributed by atoms with E-state index in [2.05, 4.69) is 4.98 Å². The number of carboxylic acid groups (broad SMARTS) is 1. The summed E-state index contributed by atoms with van der Waals surface area (Å²) in [5, 5.41) is 11.9. The third kappa shape index (κ3) is 5.82. The molecule has 0 atom stereocenters. The zero-order chi connectivity index (χ0) is 17.5. The Labute approximate surface area is 148 Å². The molecule has 2 aromatic rings. The molecule has 0 aliphatic carbocycles. The Bertz CT molecular complexity index is 702. The van der Waals surface area contributed by atoms with E-state index < -0.39 is 5.97 Å². The lowest BCUT2D eigenvalue weighted by Gasteiger charge is -2.15. The Kier molecular flexibility index (Phi) is 6.57. The van der Waals surface area contributed by atoms with E-state index in [4.69, 9.17) is 21.4 Å². The van der Waals surface area contributed by atoms with Crippen molar-refractivity contribution >= 4 is 34.8 Å². The van der Waals surface area contributed by atoms with Gasteiger partial charge in [-0.2, -0.15) is 0 Å². The predicted octanol–water partition coefficient (Wildman–Crippen LogP) is 2.85. The Balaban J connectivity index is 1.82. The molecule has 0 spiro atoms. The fourth-order valence-electron chi connectivity index (χ4n) is 1.85. The van der Waals surface area contributed by atoms with Crippen LogP contribution in [0.5, 0.6) is 5.75 Å². The molecule has 0 radical (unpaired) electrons. The summed E-state index contributed by atoms with van der Waals surface area (Å²) in [5.41, 5.74) is 0.655. The molecule has 1 heterocycles. The molecule has 0 fully saturated rings. The lowest BCUT2D eigenvalue weighted by atomic mass is 10.3. The minimum absolute atomic E-state index is 0.0700. The van der Waals surface area contributed by atoms with Gasteiger partial charge in [0.1, 0.15) is 17.4 Å². The molecule has 24 heavy (non-hydrogen) atoms. The molecule has 0 unspecified atom stereocenters. The van der Waals surface area contributed by atoms with Crippen LogP contribution in [0.2, 0.25) is 5.02 Å². The Hall–Kier alpha value is -2.12. The van der Waals surface area contributed by atoms with E-state index in [9.17, 15) is 9.59 Å². The summed E-state index contributed by atoms with van der Waals surface area (Å²) < 4.78 is 5.61. The number of halogens is 1. The first-order chi connectivity index (χ1) is 11.4. The van der Waals surface area contributed by atoms with Crippen LogP contribution in [0.4, 0.5) is 0 Å². The van der Waals surface area contributed by atoms with Gasteiger partial charge in [0, 0.05) is 24.0 Å². The maximum atomic E-state index is 12.0. The number of benzene rings is 1. The summed E-state index contributed by atoms with van der Waals surface area (Å²) in [7, 11) is 1.59. The smallest absolute Gasteiger partial charge is 0.305 e. The fourth-order valence-corrected chi connectivity index (χ4v) is 2.68. The number of carbonyl (C=O) groups excluding carboxylic acids is 1. The van der Waals surface area contributed by atoms with Gasteiger partial charge in [0.25, 0.3) is 0 Å². The van der Waals surface area contributed by atoms with Gasteiger partial charge in [0.15, 0.2) is 0 Å². The topological polar surface area (TPSA) is 79.7 Å². The van der Waals surface area contributed by atoms with Crippen LogP contribution >= 0.6 is 22.9 Å². The van der Waals surface area contributed by atoms with E-state index in [-0.39, 0.29) is 25.3 Å². The van der Waals surface area contributed by atoms with Crippen LogP contribution in [0.1, 0.15) is 17.1 Å². The quantitative estimate of drug-likeness (QED) is 0.775. The van der Waals surface area contributed by atoms with Crippen molar-refractivity contribution < 1.29 is 19.4 Å². The highest BCUT2D eigenvalue weighted by molar-refractivity contribution is 7.09. The number of ether oxygens (including phenoxy) is 1. The number of hydrogen-bond acceptors (Lipinski definition) is 5. The molecule has 0 saturated heterocycles. The number of rotatable bonds is 8. The van der Waals surface area contributed by atoms with E-state index in [0.717, 1.165) is 5.01 Å². The molecule has 2 rings (SSSR count). The van der Waals surface area contributed by atoms with E-state index in [0.29, 0.717) is 23.1 Å². The zero-order valence-electron chi connectivity index (χ0n) is 13.1. The highest BCUT2D eigenvalue weighted by Crippen LogP contribution is 2.18. The molecule has 1 aromatic heterocycles. The van der Waals surface area contributed by atoms with Crippen LogP contribution in [-0.2, 0) is 22.6 Å². The minimum Gasteiger partial charge on any atom is -0.486 e. The first-order valence-corrected chi connectivity index (χ1v) is 8.47. The third-order valence-electron chi connectivity index (χ3n) is 3.19. The van der Waals surface area contributed by atoms with E-state index in [1.54, 1.807) is 31.3 Å². The van der Waals surface area contributed by atoms with Crippen molar-refractivity contribution in [2.24, 2.45) is 0 Å². The monoisotopic (exact) mass is 368 g/mol. The number of carboxylic acids is 1. The molecule has 0 aliphatic rings. The molecule has 0 aliphatic heterocycles. The second-order valence-electron chi connectivity index (χ2n) is 5.11. The normalized spacial score (nSPS) is 10.4. The third-order valence-corrected chi connectivity index (χ3v) is 4.32. The summed E-state index contributed by atoms with van der Waals surface area (Å²) in [6, 6.07) is 7.04. The van der Waals surface area contributed by atoms with Crippen molar-refractivity contribution in [2.75, 3.05) is 13.6 Å². The van der Waals surface area contributed by atoms with Gasteiger partial charge in [-0.15, -0.1) is 11.3 Å². The van der Waals surface area contributed by atoms with Crippen LogP contribution < -0.4 is 4.74 Å². The maximum Gasteiger partial charge on any atom is 0.305 e. The molecule has 1 aromatic carbocycles. The van der Waals surface area contributed by atoms with Gasteiger partial charge >= 0.3 is 5.97 Å². The Morgan fingerprint density at radius 1 is 1.33 bits per heavy atom. The summed E-state index contributed by atoms with van der Waals surface area (Å²) in [5.74, 6) is -0.391. The van der Waals surface area contributed by atoms with Gasteiger partial charge in [-0.25, -0.2) is 4.98 Å². The van der Waals surface area contributed by atoms with Crippen molar-refractivity contribution in [3.63, 3.8) is 0 Å². The van der Waals surface area contributed by atoms with Gasteiger partial charge in [-0.1, -0.05) is 11.6 Å². The van der Waals surface area contributed by atoms with E-state index >= 15 is 0 Å². The van der Waals surface area contributed by atoms with Gasteiger partial charge in [0.2, 0.25) is 5.91 Å². The highest BCUT2D eigenvalue weighted by atomic mass is 35.5. The van der Waals surface area contributed by atoms with Crippen LogP contribution in [0.3, 0.4) is 0 Å². The number of hydrogen-bond donors (Lipinski definition) is 1. The summed E-state index contributed by atoms with van der Waals surface area (Å²) >= 11 is 7.23. The number of amides is 1. The predicted molar refractivity (Wildman–Crippen MR) is 91.5 cm³/mol. The maximum absolute atomic E-state index is 12.0. The molecular weight excluding hydrogens is 352 g/mol. The molecule has 6 nitrogen and oxygen atoms in total. The number of aromatic nitrogens is 1.